The maximum atomic E-state index is 10.7. The molecule has 12 heavy (non-hydrogen) atoms. The van der Waals surface area contributed by atoms with Gasteiger partial charge in [-0.3, -0.25) is 9.69 Å². The number of carboxylic acids is 1. The van der Waals surface area contributed by atoms with Crippen LogP contribution >= 0.6 is 0 Å². The van der Waals surface area contributed by atoms with E-state index in [9.17, 15) is 4.79 Å². The maximum absolute atomic E-state index is 10.7. The summed E-state index contributed by atoms with van der Waals surface area (Å²) in [5.74, 6) is -0.861. The Morgan fingerprint density at radius 1 is 1.58 bits per heavy atom. The number of hydrogen-bond donors (Lipinski definition) is 2. The Labute approximate surface area is 72.8 Å². The van der Waals surface area contributed by atoms with Gasteiger partial charge in [-0.1, -0.05) is 6.92 Å². The van der Waals surface area contributed by atoms with Crippen molar-refractivity contribution in [3.63, 3.8) is 0 Å². The first kappa shape index (κ1) is 11.4. The summed E-state index contributed by atoms with van der Waals surface area (Å²) in [6.45, 7) is 2.66. The summed E-state index contributed by atoms with van der Waals surface area (Å²) < 4.78 is 0. The molecule has 2 N–H and O–H groups in total. The molecule has 0 aromatic carbocycles. The third-order valence-electron chi connectivity index (χ3n) is 1.80. The molecule has 4 heteroatoms. The van der Waals surface area contributed by atoms with Crippen LogP contribution in [0.1, 0.15) is 19.8 Å². The molecule has 0 aromatic heterocycles. The smallest absolute Gasteiger partial charge is 0.320 e. The molecule has 72 valence electrons. The van der Waals surface area contributed by atoms with Crippen molar-refractivity contribution in [2.75, 3.05) is 20.2 Å². The van der Waals surface area contributed by atoms with E-state index in [1.807, 2.05) is 6.92 Å². The molecule has 0 radical (unpaired) electrons. The van der Waals surface area contributed by atoms with E-state index in [1.54, 1.807) is 11.9 Å². The van der Waals surface area contributed by atoms with Crippen LogP contribution in [0, 0.1) is 0 Å². The van der Waals surface area contributed by atoms with Gasteiger partial charge < -0.3 is 10.2 Å². The van der Waals surface area contributed by atoms with Crippen molar-refractivity contribution < 1.29 is 15.0 Å². The van der Waals surface area contributed by atoms with Gasteiger partial charge >= 0.3 is 5.97 Å². The number of aliphatic hydroxyl groups is 1. The summed E-state index contributed by atoms with van der Waals surface area (Å²) in [6.07, 6.45) is 1.22. The van der Waals surface area contributed by atoms with E-state index in [0.29, 0.717) is 6.42 Å². The van der Waals surface area contributed by atoms with Crippen LogP contribution in [-0.2, 0) is 4.79 Å². The van der Waals surface area contributed by atoms with E-state index in [4.69, 9.17) is 10.2 Å². The van der Waals surface area contributed by atoms with Crippen molar-refractivity contribution >= 4 is 5.97 Å². The molecule has 4 nitrogen and oxygen atoms in total. The van der Waals surface area contributed by atoms with Crippen LogP contribution in [0.25, 0.3) is 0 Å². The summed E-state index contributed by atoms with van der Waals surface area (Å²) in [4.78, 5) is 12.4. The fraction of sp³-hybridized carbons (Fsp3) is 0.875. The quantitative estimate of drug-likeness (QED) is 0.604. The minimum Gasteiger partial charge on any atom is -0.480 e. The summed E-state index contributed by atoms with van der Waals surface area (Å²) >= 11 is 0. The highest BCUT2D eigenvalue weighted by molar-refractivity contribution is 5.73. The minimum absolute atomic E-state index is 0.0784. The monoisotopic (exact) mass is 175 g/mol. The summed E-state index contributed by atoms with van der Waals surface area (Å²) in [6, 6.07) is -0.546. The Balaban J connectivity index is 3.99. The van der Waals surface area contributed by atoms with Gasteiger partial charge in [0.25, 0.3) is 0 Å². The van der Waals surface area contributed by atoms with Crippen molar-refractivity contribution in [1.82, 2.24) is 4.90 Å². The van der Waals surface area contributed by atoms with E-state index in [0.717, 1.165) is 13.0 Å². The maximum Gasteiger partial charge on any atom is 0.320 e. The van der Waals surface area contributed by atoms with Gasteiger partial charge in [-0.25, -0.2) is 0 Å². The molecule has 1 atom stereocenters. The number of nitrogens with zero attached hydrogens (tertiary/aromatic N) is 1. The zero-order valence-electron chi connectivity index (χ0n) is 7.66. The average Bonchev–Trinajstić information content (AvgIpc) is 1.99. The summed E-state index contributed by atoms with van der Waals surface area (Å²) in [5.41, 5.74) is 0. The average molecular weight is 175 g/mol. The van der Waals surface area contributed by atoms with Crippen molar-refractivity contribution in [3.8, 4) is 0 Å². The first-order chi connectivity index (χ1) is 5.63. The molecular formula is C8H17NO3. The zero-order valence-corrected chi connectivity index (χ0v) is 7.66. The fourth-order valence-corrected chi connectivity index (χ4v) is 1.16. The Hall–Kier alpha value is -0.610. The largest absolute Gasteiger partial charge is 0.480 e. The molecule has 0 saturated heterocycles. The molecule has 1 unspecified atom stereocenters. The topological polar surface area (TPSA) is 60.8 Å². The highest BCUT2D eigenvalue weighted by atomic mass is 16.4. The van der Waals surface area contributed by atoms with Crippen molar-refractivity contribution in [2.24, 2.45) is 0 Å². The zero-order chi connectivity index (χ0) is 9.56. The van der Waals surface area contributed by atoms with Crippen LogP contribution in [0.3, 0.4) is 0 Å². The van der Waals surface area contributed by atoms with Crippen LogP contribution in [-0.4, -0.2) is 47.3 Å². The lowest BCUT2D eigenvalue weighted by Gasteiger charge is -2.22. The number of hydrogen-bond acceptors (Lipinski definition) is 3. The van der Waals surface area contributed by atoms with Gasteiger partial charge in [-0.2, -0.15) is 0 Å². The second-order valence-electron chi connectivity index (χ2n) is 2.85. The summed E-state index contributed by atoms with van der Waals surface area (Å²) in [7, 11) is 1.76. The van der Waals surface area contributed by atoms with E-state index < -0.39 is 12.0 Å². The molecule has 0 heterocycles. The summed E-state index contributed by atoms with van der Waals surface area (Å²) in [5, 5.41) is 17.4. The Bertz CT molecular complexity index is 138. The standard InChI is InChI=1S/C8H17NO3/c1-3-5-9(2)7(4-6-10)8(11)12/h7,10H,3-6H2,1-2H3,(H,11,12). The molecule has 0 saturated carbocycles. The van der Waals surface area contributed by atoms with Crippen LogP contribution < -0.4 is 0 Å². The van der Waals surface area contributed by atoms with Gasteiger partial charge in [-0.05, 0) is 26.4 Å². The number of rotatable bonds is 6. The third kappa shape index (κ3) is 3.69. The predicted octanol–water partition coefficient (Wildman–Crippen LogP) is 0.164. The molecule has 0 bridgehead atoms. The lowest BCUT2D eigenvalue weighted by atomic mass is 10.2. The number of likely N-dealkylation sites (N-methyl/N-ethyl adjacent to an activating group) is 1. The molecule has 0 aliphatic heterocycles. The van der Waals surface area contributed by atoms with Crippen LogP contribution in [0.2, 0.25) is 0 Å². The van der Waals surface area contributed by atoms with Gasteiger partial charge in [-0.15, -0.1) is 0 Å². The normalized spacial score (nSPS) is 13.3. The molecule has 0 aromatic rings. The molecule has 0 spiro atoms. The van der Waals surface area contributed by atoms with Gasteiger partial charge in [0.15, 0.2) is 0 Å². The second kappa shape index (κ2) is 5.97. The number of carboxylic acid groups (broad SMARTS) is 1. The van der Waals surface area contributed by atoms with Crippen LogP contribution in [0.15, 0.2) is 0 Å². The molecule has 0 aliphatic rings. The molecule has 0 amide bonds. The highest BCUT2D eigenvalue weighted by Gasteiger charge is 2.20. The van der Waals surface area contributed by atoms with Gasteiger partial charge in [0.1, 0.15) is 6.04 Å². The van der Waals surface area contributed by atoms with Crippen molar-refractivity contribution in [2.45, 2.75) is 25.8 Å². The lowest BCUT2D eigenvalue weighted by Crippen LogP contribution is -2.39. The minimum atomic E-state index is -0.861. The molecule has 0 fully saturated rings. The highest BCUT2D eigenvalue weighted by Crippen LogP contribution is 2.02. The van der Waals surface area contributed by atoms with E-state index in [2.05, 4.69) is 0 Å². The molecular weight excluding hydrogens is 158 g/mol. The molecule has 0 rings (SSSR count). The van der Waals surface area contributed by atoms with Gasteiger partial charge in [0.05, 0.1) is 0 Å². The number of aliphatic hydroxyl groups excluding tert-OH is 1. The van der Waals surface area contributed by atoms with Gasteiger partial charge in [0.2, 0.25) is 0 Å². The van der Waals surface area contributed by atoms with E-state index in [-0.39, 0.29) is 6.61 Å². The Morgan fingerprint density at radius 2 is 2.17 bits per heavy atom. The predicted molar refractivity (Wildman–Crippen MR) is 46.0 cm³/mol. The van der Waals surface area contributed by atoms with E-state index >= 15 is 0 Å². The number of carbonyl (C=O) groups is 1. The van der Waals surface area contributed by atoms with Crippen molar-refractivity contribution in [3.05, 3.63) is 0 Å². The molecule has 0 aliphatic carbocycles. The van der Waals surface area contributed by atoms with Crippen LogP contribution in [0.4, 0.5) is 0 Å². The van der Waals surface area contributed by atoms with Gasteiger partial charge in [0, 0.05) is 6.61 Å². The van der Waals surface area contributed by atoms with Crippen molar-refractivity contribution in [1.29, 1.82) is 0 Å². The van der Waals surface area contributed by atoms with Crippen LogP contribution in [0.5, 0.6) is 0 Å². The Morgan fingerprint density at radius 3 is 2.50 bits per heavy atom. The number of aliphatic carboxylic acids is 1. The third-order valence-corrected chi connectivity index (χ3v) is 1.80. The fourth-order valence-electron chi connectivity index (χ4n) is 1.16. The van der Waals surface area contributed by atoms with E-state index in [1.165, 1.54) is 0 Å². The second-order valence-corrected chi connectivity index (χ2v) is 2.85. The lowest BCUT2D eigenvalue weighted by molar-refractivity contribution is -0.143. The first-order valence-corrected chi connectivity index (χ1v) is 4.17. The SMILES string of the molecule is CCCN(C)C(CCO)C(=O)O. The first-order valence-electron chi connectivity index (χ1n) is 4.17. The Kier molecular flexibility index (Phi) is 5.66.